The normalized spacial score (nSPS) is 17.9. The van der Waals surface area contributed by atoms with Gasteiger partial charge in [-0.3, -0.25) is 9.59 Å². The molecule has 0 spiro atoms. The highest BCUT2D eigenvalue weighted by Gasteiger charge is 2.29. The molecule has 0 saturated carbocycles. The molecule has 1 aliphatic rings. The number of aromatic nitrogens is 1. The zero-order valence-electron chi connectivity index (χ0n) is 12.6. The van der Waals surface area contributed by atoms with E-state index in [9.17, 15) is 9.59 Å². The molecule has 2 aromatic rings. The van der Waals surface area contributed by atoms with Gasteiger partial charge in [0.05, 0.1) is 10.9 Å². The van der Waals surface area contributed by atoms with Crippen molar-refractivity contribution in [1.82, 2.24) is 9.88 Å². The molecule has 1 fully saturated rings. The van der Waals surface area contributed by atoms with Crippen molar-refractivity contribution >= 4 is 23.2 Å². The Morgan fingerprint density at radius 2 is 2.09 bits per heavy atom. The largest absolute Gasteiger partial charge is 0.481 e. The van der Waals surface area contributed by atoms with Crippen molar-refractivity contribution in [2.75, 3.05) is 13.1 Å². The van der Waals surface area contributed by atoms with E-state index in [1.807, 2.05) is 30.3 Å². The number of likely N-dealkylation sites (tertiary alicyclic amines) is 1. The number of carboxylic acid groups (broad SMARTS) is 1. The van der Waals surface area contributed by atoms with Gasteiger partial charge in [-0.15, -0.1) is 11.3 Å². The van der Waals surface area contributed by atoms with Crippen molar-refractivity contribution in [3.05, 3.63) is 52.0 Å². The maximum absolute atomic E-state index is 12.5. The Morgan fingerprint density at radius 1 is 1.30 bits per heavy atom. The molecule has 1 unspecified atom stereocenters. The summed E-state index contributed by atoms with van der Waals surface area (Å²) in [5, 5.41) is 11.8. The molecule has 1 aromatic heterocycles. The Kier molecular flexibility index (Phi) is 4.71. The van der Waals surface area contributed by atoms with E-state index in [-0.39, 0.29) is 12.5 Å². The number of aliphatic carboxylic acids is 1. The minimum absolute atomic E-state index is 0.161. The third-order valence-corrected chi connectivity index (χ3v) is 4.88. The molecule has 1 saturated heterocycles. The topological polar surface area (TPSA) is 70.5 Å². The van der Waals surface area contributed by atoms with E-state index in [0.29, 0.717) is 25.1 Å². The Hall–Kier alpha value is -2.21. The van der Waals surface area contributed by atoms with Gasteiger partial charge in [-0.05, 0) is 18.4 Å². The number of carboxylic acids is 1. The summed E-state index contributed by atoms with van der Waals surface area (Å²) in [6.45, 7) is 0.883. The summed E-state index contributed by atoms with van der Waals surface area (Å²) in [6, 6.07) is 10.00. The number of hydrogen-bond acceptors (Lipinski definition) is 4. The summed E-state index contributed by atoms with van der Waals surface area (Å²) in [7, 11) is 0. The Labute approximate surface area is 138 Å². The first-order chi connectivity index (χ1) is 11.1. The van der Waals surface area contributed by atoms with Gasteiger partial charge in [-0.1, -0.05) is 30.3 Å². The van der Waals surface area contributed by atoms with Crippen LogP contribution < -0.4 is 0 Å². The predicted molar refractivity (Wildman–Crippen MR) is 87.6 cm³/mol. The van der Waals surface area contributed by atoms with Gasteiger partial charge in [0.15, 0.2) is 0 Å². The van der Waals surface area contributed by atoms with E-state index in [1.165, 1.54) is 11.3 Å². The van der Waals surface area contributed by atoms with E-state index in [4.69, 9.17) is 5.11 Å². The summed E-state index contributed by atoms with van der Waals surface area (Å²) < 4.78 is 0. The highest BCUT2D eigenvalue weighted by Crippen LogP contribution is 2.21. The monoisotopic (exact) mass is 330 g/mol. The van der Waals surface area contributed by atoms with Gasteiger partial charge in [0.25, 0.3) is 5.91 Å². The van der Waals surface area contributed by atoms with Crippen molar-refractivity contribution in [2.24, 2.45) is 5.92 Å². The van der Waals surface area contributed by atoms with Crippen LogP contribution in [0.4, 0.5) is 0 Å². The fourth-order valence-electron chi connectivity index (χ4n) is 2.79. The third kappa shape index (κ3) is 3.76. The molecule has 5 nitrogen and oxygen atoms in total. The molecule has 120 valence electrons. The molecule has 23 heavy (non-hydrogen) atoms. The van der Waals surface area contributed by atoms with Crippen molar-refractivity contribution in [3.63, 3.8) is 0 Å². The molecular weight excluding hydrogens is 312 g/mol. The second kappa shape index (κ2) is 6.91. The van der Waals surface area contributed by atoms with E-state index in [2.05, 4.69) is 4.98 Å². The van der Waals surface area contributed by atoms with Crippen LogP contribution in [0.2, 0.25) is 0 Å². The number of benzene rings is 1. The molecule has 0 bridgehead atoms. The standard InChI is InChI=1S/C17H18N2O3S/c20-16(19-8-4-7-13(10-19)17(21)22)14-11-23-15(18-14)9-12-5-2-1-3-6-12/h1-3,5-6,11,13H,4,7-10H2,(H,21,22). The van der Waals surface area contributed by atoms with Crippen LogP contribution in [0.15, 0.2) is 35.7 Å². The van der Waals surface area contributed by atoms with Crippen LogP contribution >= 0.6 is 11.3 Å². The quantitative estimate of drug-likeness (QED) is 0.935. The van der Waals surface area contributed by atoms with Crippen molar-refractivity contribution in [1.29, 1.82) is 0 Å². The van der Waals surface area contributed by atoms with Crippen molar-refractivity contribution in [2.45, 2.75) is 19.3 Å². The summed E-state index contributed by atoms with van der Waals surface area (Å²) in [6.07, 6.45) is 2.07. The second-order valence-corrected chi connectivity index (χ2v) is 6.66. The highest BCUT2D eigenvalue weighted by molar-refractivity contribution is 7.09. The van der Waals surface area contributed by atoms with Crippen LogP contribution in [-0.4, -0.2) is 40.0 Å². The van der Waals surface area contributed by atoms with Crippen LogP contribution in [0.1, 0.15) is 33.9 Å². The number of nitrogens with zero attached hydrogens (tertiary/aromatic N) is 2. The Balaban J connectivity index is 1.67. The fraction of sp³-hybridized carbons (Fsp3) is 0.353. The van der Waals surface area contributed by atoms with Crippen LogP contribution in [0, 0.1) is 5.92 Å². The lowest BCUT2D eigenvalue weighted by Crippen LogP contribution is -2.42. The van der Waals surface area contributed by atoms with E-state index >= 15 is 0 Å². The van der Waals surface area contributed by atoms with Gasteiger partial charge >= 0.3 is 5.97 Å². The molecule has 1 atom stereocenters. The molecular formula is C17H18N2O3S. The van der Waals surface area contributed by atoms with Gasteiger partial charge in [0, 0.05) is 24.9 Å². The van der Waals surface area contributed by atoms with Crippen LogP contribution in [0.5, 0.6) is 0 Å². The Morgan fingerprint density at radius 3 is 2.83 bits per heavy atom. The number of hydrogen-bond donors (Lipinski definition) is 1. The lowest BCUT2D eigenvalue weighted by Gasteiger charge is -2.30. The number of rotatable bonds is 4. The van der Waals surface area contributed by atoms with Crippen LogP contribution in [-0.2, 0) is 11.2 Å². The molecule has 1 aliphatic heterocycles. The average Bonchev–Trinajstić information content (AvgIpc) is 3.03. The molecule has 3 rings (SSSR count). The minimum atomic E-state index is -0.828. The SMILES string of the molecule is O=C(O)C1CCCN(C(=O)c2csc(Cc3ccccc3)n2)C1. The van der Waals surface area contributed by atoms with Crippen LogP contribution in [0.3, 0.4) is 0 Å². The maximum atomic E-state index is 12.5. The van der Waals surface area contributed by atoms with Gasteiger partial charge in [0.2, 0.25) is 0 Å². The zero-order chi connectivity index (χ0) is 16.2. The molecule has 1 amide bonds. The number of carbonyl (C=O) groups is 2. The summed E-state index contributed by atoms with van der Waals surface area (Å²) in [5.41, 5.74) is 1.58. The lowest BCUT2D eigenvalue weighted by molar-refractivity contribution is -0.143. The number of carbonyl (C=O) groups excluding carboxylic acids is 1. The van der Waals surface area contributed by atoms with Gasteiger partial charge in [-0.25, -0.2) is 4.98 Å². The highest BCUT2D eigenvalue weighted by atomic mass is 32.1. The molecule has 2 heterocycles. The number of amides is 1. The Bertz CT molecular complexity index is 699. The first-order valence-electron chi connectivity index (χ1n) is 7.64. The average molecular weight is 330 g/mol. The molecule has 0 radical (unpaired) electrons. The summed E-state index contributed by atoms with van der Waals surface area (Å²) in [4.78, 5) is 29.7. The number of piperidine rings is 1. The first kappa shape index (κ1) is 15.7. The fourth-order valence-corrected chi connectivity index (χ4v) is 3.59. The summed E-state index contributed by atoms with van der Waals surface area (Å²) >= 11 is 1.47. The van der Waals surface area contributed by atoms with Crippen LogP contribution in [0.25, 0.3) is 0 Å². The second-order valence-electron chi connectivity index (χ2n) is 5.72. The van der Waals surface area contributed by atoms with Gasteiger partial charge in [0.1, 0.15) is 5.69 Å². The third-order valence-electron chi connectivity index (χ3n) is 4.03. The number of thiazole rings is 1. The minimum Gasteiger partial charge on any atom is -0.481 e. The van der Waals surface area contributed by atoms with Crippen molar-refractivity contribution in [3.8, 4) is 0 Å². The molecule has 6 heteroatoms. The van der Waals surface area contributed by atoms with E-state index in [1.54, 1.807) is 10.3 Å². The van der Waals surface area contributed by atoms with E-state index in [0.717, 1.165) is 17.0 Å². The lowest BCUT2D eigenvalue weighted by atomic mass is 9.98. The van der Waals surface area contributed by atoms with Gasteiger partial charge < -0.3 is 10.0 Å². The van der Waals surface area contributed by atoms with E-state index < -0.39 is 11.9 Å². The maximum Gasteiger partial charge on any atom is 0.308 e. The zero-order valence-corrected chi connectivity index (χ0v) is 13.5. The van der Waals surface area contributed by atoms with Crippen molar-refractivity contribution < 1.29 is 14.7 Å². The molecule has 1 aromatic carbocycles. The van der Waals surface area contributed by atoms with Gasteiger partial charge in [-0.2, -0.15) is 0 Å². The smallest absolute Gasteiger partial charge is 0.308 e. The molecule has 1 N–H and O–H groups in total. The predicted octanol–water partition coefficient (Wildman–Crippen LogP) is 2.67. The first-order valence-corrected chi connectivity index (χ1v) is 8.52. The molecule has 0 aliphatic carbocycles. The summed E-state index contributed by atoms with van der Waals surface area (Å²) in [5.74, 6) is -1.45.